The number of rotatable bonds is 8. The lowest BCUT2D eigenvalue weighted by Crippen LogP contribution is -2.33. The maximum Gasteiger partial charge on any atom is 0.408 e. The molecule has 0 aliphatic heterocycles. The number of alkyl halides is 3. The zero-order chi connectivity index (χ0) is 22.6. The van der Waals surface area contributed by atoms with Gasteiger partial charge in [-0.2, -0.15) is 18.3 Å². The molecule has 0 saturated carbocycles. The average molecular weight is 427 g/mol. The van der Waals surface area contributed by atoms with Gasteiger partial charge in [-0.15, -0.1) is 0 Å². The molecule has 0 radical (unpaired) electrons. The Kier molecular flexibility index (Phi) is 7.39. The Hall–Kier alpha value is -2.71. The number of hydrogen-bond acceptors (Lipinski definition) is 5. The molecule has 9 heteroatoms. The molecule has 1 heterocycles. The molecule has 1 N–H and O–H groups in total. The van der Waals surface area contributed by atoms with Crippen LogP contribution in [-0.2, 0) is 11.3 Å². The predicted molar refractivity (Wildman–Crippen MR) is 109 cm³/mol. The van der Waals surface area contributed by atoms with E-state index in [1.165, 1.54) is 13.2 Å². The Labute approximate surface area is 174 Å². The number of carbonyl (C=O) groups excluding carboxylic acids is 1. The molecule has 30 heavy (non-hydrogen) atoms. The largest absolute Gasteiger partial charge is 0.496 e. The molecule has 166 valence electrons. The van der Waals surface area contributed by atoms with Crippen LogP contribution in [0.2, 0.25) is 0 Å². The molecule has 1 atom stereocenters. The van der Waals surface area contributed by atoms with Crippen molar-refractivity contribution in [2.75, 3.05) is 19.0 Å². The lowest BCUT2D eigenvalue weighted by Gasteiger charge is -2.20. The van der Waals surface area contributed by atoms with Gasteiger partial charge in [-0.3, -0.25) is 4.68 Å². The fourth-order valence-corrected chi connectivity index (χ4v) is 3.19. The monoisotopic (exact) mass is 427 g/mol. The lowest BCUT2D eigenvalue weighted by atomic mass is 9.95. The van der Waals surface area contributed by atoms with Gasteiger partial charge in [0.2, 0.25) is 0 Å². The van der Waals surface area contributed by atoms with Gasteiger partial charge in [0, 0.05) is 29.4 Å². The normalized spacial score (nSPS) is 12.7. The highest BCUT2D eigenvalue weighted by atomic mass is 19.4. The van der Waals surface area contributed by atoms with Gasteiger partial charge in [0.25, 0.3) is 0 Å². The van der Waals surface area contributed by atoms with E-state index >= 15 is 0 Å². The van der Waals surface area contributed by atoms with E-state index in [9.17, 15) is 18.0 Å². The van der Waals surface area contributed by atoms with Crippen molar-refractivity contribution >= 4 is 11.7 Å². The fourth-order valence-electron chi connectivity index (χ4n) is 3.19. The molecule has 0 aliphatic carbocycles. The molecule has 0 spiro atoms. The Morgan fingerprint density at radius 3 is 2.40 bits per heavy atom. The van der Waals surface area contributed by atoms with Gasteiger partial charge < -0.3 is 14.8 Å². The van der Waals surface area contributed by atoms with Crippen molar-refractivity contribution in [1.82, 2.24) is 9.78 Å². The fraction of sp³-hybridized carbons (Fsp3) is 0.524. The first-order valence-corrected chi connectivity index (χ1v) is 9.84. The third-order valence-electron chi connectivity index (χ3n) is 4.67. The number of aryl methyl sites for hydroxylation is 1. The minimum absolute atomic E-state index is 0.0486. The molecule has 2 aromatic rings. The third-order valence-corrected chi connectivity index (χ3v) is 4.67. The topological polar surface area (TPSA) is 65.4 Å². The van der Waals surface area contributed by atoms with Crippen LogP contribution in [0.5, 0.6) is 5.75 Å². The Bertz CT molecular complexity index is 892. The van der Waals surface area contributed by atoms with Crippen LogP contribution in [0, 0.1) is 0 Å². The first-order chi connectivity index (χ1) is 14.0. The summed E-state index contributed by atoms with van der Waals surface area (Å²) in [6.07, 6.45) is -4.37. The smallest absolute Gasteiger partial charge is 0.408 e. The number of nitrogens with zero attached hydrogens (tertiary/aromatic N) is 2. The van der Waals surface area contributed by atoms with E-state index in [4.69, 9.17) is 9.47 Å². The van der Waals surface area contributed by atoms with Gasteiger partial charge in [0.05, 0.1) is 19.4 Å². The zero-order valence-corrected chi connectivity index (χ0v) is 18.1. The van der Waals surface area contributed by atoms with E-state index in [1.54, 1.807) is 23.7 Å². The average Bonchev–Trinajstić information content (AvgIpc) is 3.07. The summed E-state index contributed by atoms with van der Waals surface area (Å²) >= 11 is 0. The van der Waals surface area contributed by atoms with Crippen molar-refractivity contribution in [2.24, 2.45) is 0 Å². The molecule has 0 bridgehead atoms. The van der Waals surface area contributed by atoms with Crippen LogP contribution >= 0.6 is 0 Å². The van der Waals surface area contributed by atoms with Gasteiger partial charge in [-0.1, -0.05) is 13.8 Å². The second kappa shape index (κ2) is 9.40. The van der Waals surface area contributed by atoms with Crippen molar-refractivity contribution in [3.05, 3.63) is 29.5 Å². The molecule has 0 amide bonds. The van der Waals surface area contributed by atoms with Crippen molar-refractivity contribution in [2.45, 2.75) is 59.3 Å². The number of hydrogen-bond donors (Lipinski definition) is 1. The number of esters is 1. The number of anilines is 1. The van der Waals surface area contributed by atoms with Crippen LogP contribution in [0.3, 0.4) is 0 Å². The van der Waals surface area contributed by atoms with Gasteiger partial charge in [0.1, 0.15) is 11.8 Å². The number of halogens is 3. The van der Waals surface area contributed by atoms with E-state index in [1.807, 2.05) is 20.8 Å². The van der Waals surface area contributed by atoms with E-state index in [-0.39, 0.29) is 23.9 Å². The van der Waals surface area contributed by atoms with Crippen LogP contribution in [0.15, 0.2) is 18.2 Å². The first-order valence-electron chi connectivity index (χ1n) is 9.84. The molecular formula is C21H28F3N3O3. The van der Waals surface area contributed by atoms with Crippen molar-refractivity contribution in [3.8, 4) is 17.0 Å². The molecule has 0 unspecified atom stereocenters. The number of carbonyl (C=O) groups is 1. The highest BCUT2D eigenvalue weighted by Crippen LogP contribution is 2.39. The molecular weight excluding hydrogens is 399 g/mol. The van der Waals surface area contributed by atoms with Gasteiger partial charge in [0.15, 0.2) is 5.69 Å². The van der Waals surface area contributed by atoms with Crippen LogP contribution in [0.1, 0.15) is 56.6 Å². The second-order valence-electron chi connectivity index (χ2n) is 7.12. The SMILES string of the molecule is CCOC(=O)c1nn(CC)c(-c2ccc(N[C@H](C)C(F)(F)F)cc2OC)c1C(C)C. The van der Waals surface area contributed by atoms with Gasteiger partial charge in [-0.25, -0.2) is 4.79 Å². The summed E-state index contributed by atoms with van der Waals surface area (Å²) in [5, 5.41) is 6.89. The molecule has 2 rings (SSSR count). The molecule has 0 aliphatic rings. The number of aromatic nitrogens is 2. The Morgan fingerprint density at radius 2 is 1.90 bits per heavy atom. The second-order valence-corrected chi connectivity index (χ2v) is 7.12. The summed E-state index contributed by atoms with van der Waals surface area (Å²) in [5.41, 5.74) is 2.54. The van der Waals surface area contributed by atoms with E-state index in [0.717, 1.165) is 6.92 Å². The molecule has 1 aromatic heterocycles. The van der Waals surface area contributed by atoms with Gasteiger partial charge >= 0.3 is 12.1 Å². The minimum Gasteiger partial charge on any atom is -0.496 e. The number of methoxy groups -OCH3 is 1. The van der Waals surface area contributed by atoms with Crippen LogP contribution in [0.4, 0.5) is 18.9 Å². The highest BCUT2D eigenvalue weighted by Gasteiger charge is 2.36. The standard InChI is InChI=1S/C21H28F3N3O3/c1-7-27-19(17(12(3)4)18(26-27)20(28)30-8-2)15-10-9-14(11-16(15)29-6)25-13(5)21(22,23)24/h9-13,25H,7-8H2,1-6H3/t13-/m1/s1. The quantitative estimate of drug-likeness (QED) is 0.584. The summed E-state index contributed by atoms with van der Waals surface area (Å²) in [6, 6.07) is 3.03. The molecule has 0 fully saturated rings. The molecule has 6 nitrogen and oxygen atoms in total. The predicted octanol–water partition coefficient (Wildman–Crippen LogP) is 5.24. The molecule has 0 saturated heterocycles. The van der Waals surface area contributed by atoms with E-state index in [2.05, 4.69) is 10.4 Å². The summed E-state index contributed by atoms with van der Waals surface area (Å²) < 4.78 is 51.0. The number of benzene rings is 1. The summed E-state index contributed by atoms with van der Waals surface area (Å²) in [7, 11) is 1.45. The summed E-state index contributed by atoms with van der Waals surface area (Å²) in [4.78, 5) is 12.5. The highest BCUT2D eigenvalue weighted by molar-refractivity contribution is 5.92. The maximum atomic E-state index is 12.9. The van der Waals surface area contributed by atoms with Crippen molar-refractivity contribution in [1.29, 1.82) is 0 Å². The number of nitrogens with one attached hydrogen (secondary N) is 1. The third kappa shape index (κ3) is 4.88. The Morgan fingerprint density at radius 1 is 1.23 bits per heavy atom. The van der Waals surface area contributed by atoms with Crippen LogP contribution < -0.4 is 10.1 Å². The first kappa shape index (κ1) is 23.6. The summed E-state index contributed by atoms with van der Waals surface area (Å²) in [5.74, 6) is -0.181. The van der Waals surface area contributed by atoms with Crippen molar-refractivity contribution in [3.63, 3.8) is 0 Å². The molecule has 1 aromatic carbocycles. The number of ether oxygens (including phenoxy) is 2. The van der Waals surface area contributed by atoms with Gasteiger partial charge in [-0.05, 0) is 38.8 Å². The maximum absolute atomic E-state index is 12.9. The zero-order valence-electron chi connectivity index (χ0n) is 18.1. The lowest BCUT2D eigenvalue weighted by molar-refractivity contribution is -0.138. The van der Waals surface area contributed by atoms with Crippen molar-refractivity contribution < 1.29 is 27.4 Å². The van der Waals surface area contributed by atoms with Crippen LogP contribution in [-0.4, -0.2) is 41.7 Å². The van der Waals surface area contributed by atoms with E-state index in [0.29, 0.717) is 29.1 Å². The Balaban J connectivity index is 2.61. The summed E-state index contributed by atoms with van der Waals surface area (Å²) in [6.45, 7) is 9.27. The minimum atomic E-state index is -4.37. The van der Waals surface area contributed by atoms with E-state index < -0.39 is 18.2 Å². The van der Waals surface area contributed by atoms with Crippen LogP contribution in [0.25, 0.3) is 11.3 Å².